The number of aromatic nitrogens is 2. The summed E-state index contributed by atoms with van der Waals surface area (Å²) in [6, 6.07) is 8.41. The summed E-state index contributed by atoms with van der Waals surface area (Å²) in [6.45, 7) is 8.31. The summed E-state index contributed by atoms with van der Waals surface area (Å²) in [5, 5.41) is 17.0. The number of allylic oxidation sites excluding steroid dienone is 2. The first-order valence-corrected chi connectivity index (χ1v) is 9.73. The quantitative estimate of drug-likeness (QED) is 0.770. The van der Waals surface area contributed by atoms with Crippen molar-refractivity contribution in [3.63, 3.8) is 0 Å². The van der Waals surface area contributed by atoms with Crippen molar-refractivity contribution in [1.29, 1.82) is 0 Å². The molecule has 142 valence electrons. The Morgan fingerprint density at radius 2 is 1.85 bits per heavy atom. The number of rotatable bonds is 4. The highest BCUT2D eigenvalue weighted by Crippen LogP contribution is 2.34. The van der Waals surface area contributed by atoms with Crippen LogP contribution in [0.1, 0.15) is 31.5 Å². The number of aliphatic hydroxyl groups excluding tert-OH is 1. The average Bonchev–Trinajstić information content (AvgIpc) is 2.69. The van der Waals surface area contributed by atoms with Crippen LogP contribution in [-0.2, 0) is 6.42 Å². The fourth-order valence-corrected chi connectivity index (χ4v) is 3.82. The molecule has 3 N–H and O–H groups in total. The number of hydrogen-bond donors (Lipinski definition) is 3. The topological polar surface area (TPSA) is 73.3 Å². The van der Waals surface area contributed by atoms with Crippen LogP contribution in [-0.4, -0.2) is 41.3 Å². The van der Waals surface area contributed by atoms with Gasteiger partial charge in [-0.2, -0.15) is 0 Å². The standard InChI is InChI=1S/C21H27N5O/c1-14(2)19-18(27)8-3-15-13-23-21(25-20(15)19)24-16-4-6-17(7-5-16)26-11-9-22-10-12-26/h4-7,13-14,22,27H,3,8-12H2,1-2H3,(H,23,24,25). The molecule has 1 saturated heterocycles. The van der Waals surface area contributed by atoms with Gasteiger partial charge in [0.2, 0.25) is 5.95 Å². The van der Waals surface area contributed by atoms with E-state index in [2.05, 4.69) is 58.6 Å². The summed E-state index contributed by atoms with van der Waals surface area (Å²) in [5.41, 5.74) is 5.13. The fraction of sp³-hybridized carbons (Fsp3) is 0.429. The minimum atomic E-state index is 0.227. The molecule has 27 heavy (non-hydrogen) atoms. The molecular formula is C21H27N5O. The van der Waals surface area contributed by atoms with Gasteiger partial charge in [-0.05, 0) is 42.2 Å². The van der Waals surface area contributed by atoms with E-state index in [9.17, 15) is 5.11 Å². The number of anilines is 3. The van der Waals surface area contributed by atoms with Gasteiger partial charge in [0, 0.05) is 55.7 Å². The molecule has 0 unspecified atom stereocenters. The lowest BCUT2D eigenvalue weighted by atomic mass is 9.88. The molecule has 0 spiro atoms. The van der Waals surface area contributed by atoms with Crippen molar-refractivity contribution in [3.8, 4) is 0 Å². The molecule has 0 amide bonds. The van der Waals surface area contributed by atoms with Gasteiger partial charge in [-0.25, -0.2) is 9.97 Å². The first-order chi connectivity index (χ1) is 13.1. The number of piperazine rings is 1. The van der Waals surface area contributed by atoms with E-state index in [0.717, 1.165) is 55.1 Å². The molecule has 6 nitrogen and oxygen atoms in total. The molecule has 1 aromatic heterocycles. The van der Waals surface area contributed by atoms with Crippen molar-refractivity contribution < 1.29 is 5.11 Å². The Morgan fingerprint density at radius 1 is 1.11 bits per heavy atom. The Balaban J connectivity index is 1.54. The Labute approximate surface area is 160 Å². The van der Waals surface area contributed by atoms with Crippen LogP contribution < -0.4 is 15.5 Å². The minimum Gasteiger partial charge on any atom is -0.512 e. The number of hydrogen-bond acceptors (Lipinski definition) is 6. The van der Waals surface area contributed by atoms with Gasteiger partial charge in [-0.15, -0.1) is 0 Å². The number of benzene rings is 1. The summed E-state index contributed by atoms with van der Waals surface area (Å²) < 4.78 is 0. The molecule has 2 heterocycles. The predicted molar refractivity (Wildman–Crippen MR) is 110 cm³/mol. The third-order valence-corrected chi connectivity index (χ3v) is 5.24. The zero-order chi connectivity index (χ0) is 18.8. The Morgan fingerprint density at radius 3 is 2.56 bits per heavy atom. The van der Waals surface area contributed by atoms with Gasteiger partial charge in [-0.1, -0.05) is 13.8 Å². The fourth-order valence-electron chi connectivity index (χ4n) is 3.82. The van der Waals surface area contributed by atoms with Crippen LogP contribution in [0.25, 0.3) is 5.57 Å². The number of aryl methyl sites for hydroxylation is 1. The second kappa shape index (κ2) is 7.56. The van der Waals surface area contributed by atoms with Gasteiger partial charge in [-0.3, -0.25) is 0 Å². The van der Waals surface area contributed by atoms with E-state index in [0.29, 0.717) is 18.1 Å². The van der Waals surface area contributed by atoms with Crippen molar-refractivity contribution in [3.05, 3.63) is 47.5 Å². The monoisotopic (exact) mass is 365 g/mol. The lowest BCUT2D eigenvalue weighted by Crippen LogP contribution is -2.43. The second-order valence-electron chi connectivity index (χ2n) is 7.49. The van der Waals surface area contributed by atoms with Gasteiger partial charge < -0.3 is 20.6 Å². The van der Waals surface area contributed by atoms with Crippen molar-refractivity contribution >= 4 is 22.9 Å². The maximum absolute atomic E-state index is 10.3. The predicted octanol–water partition coefficient (Wildman–Crippen LogP) is 3.50. The van der Waals surface area contributed by atoms with Gasteiger partial charge in [0.15, 0.2) is 0 Å². The molecule has 4 rings (SSSR count). The molecule has 0 saturated carbocycles. The third-order valence-electron chi connectivity index (χ3n) is 5.24. The van der Waals surface area contributed by atoms with Crippen LogP contribution in [0.4, 0.5) is 17.3 Å². The van der Waals surface area contributed by atoms with Crippen LogP contribution >= 0.6 is 0 Å². The highest BCUT2D eigenvalue weighted by atomic mass is 16.3. The number of fused-ring (bicyclic) bond motifs is 1. The third kappa shape index (κ3) is 3.76. The zero-order valence-corrected chi connectivity index (χ0v) is 16.0. The molecule has 1 fully saturated rings. The van der Waals surface area contributed by atoms with Gasteiger partial charge in [0.1, 0.15) is 0 Å². The normalized spacial score (nSPS) is 17.2. The number of nitrogens with one attached hydrogen (secondary N) is 2. The largest absolute Gasteiger partial charge is 0.512 e. The minimum absolute atomic E-state index is 0.227. The van der Waals surface area contributed by atoms with Crippen LogP contribution in [0.2, 0.25) is 0 Å². The van der Waals surface area contributed by atoms with Gasteiger partial charge >= 0.3 is 0 Å². The Hall–Kier alpha value is -2.60. The van der Waals surface area contributed by atoms with E-state index in [1.807, 2.05) is 6.20 Å². The van der Waals surface area contributed by atoms with E-state index in [1.54, 1.807) is 0 Å². The smallest absolute Gasteiger partial charge is 0.227 e. The molecule has 0 bridgehead atoms. The molecule has 1 aliphatic carbocycles. The summed E-state index contributed by atoms with van der Waals surface area (Å²) in [4.78, 5) is 11.6. The summed E-state index contributed by atoms with van der Waals surface area (Å²) in [6.07, 6.45) is 3.34. The van der Waals surface area contributed by atoms with E-state index >= 15 is 0 Å². The highest BCUT2D eigenvalue weighted by molar-refractivity contribution is 5.71. The van der Waals surface area contributed by atoms with Crippen LogP contribution in [0.15, 0.2) is 36.2 Å². The van der Waals surface area contributed by atoms with E-state index in [4.69, 9.17) is 4.98 Å². The number of nitrogens with zero attached hydrogens (tertiary/aromatic N) is 3. The lowest BCUT2D eigenvalue weighted by Gasteiger charge is -2.29. The van der Waals surface area contributed by atoms with Crippen LogP contribution in [0.3, 0.4) is 0 Å². The van der Waals surface area contributed by atoms with E-state index < -0.39 is 0 Å². The van der Waals surface area contributed by atoms with Crippen molar-refractivity contribution in [1.82, 2.24) is 15.3 Å². The van der Waals surface area contributed by atoms with Crippen LogP contribution in [0, 0.1) is 5.92 Å². The van der Waals surface area contributed by atoms with Crippen LogP contribution in [0.5, 0.6) is 0 Å². The van der Waals surface area contributed by atoms with Gasteiger partial charge in [0.05, 0.1) is 11.5 Å². The SMILES string of the molecule is CC(C)C1=C(O)CCc2cnc(Nc3ccc(N4CCNCC4)cc3)nc21. The Bertz CT molecular complexity index is 838. The molecule has 1 aliphatic heterocycles. The number of aliphatic hydroxyl groups is 1. The first kappa shape index (κ1) is 17.8. The van der Waals surface area contributed by atoms with Gasteiger partial charge in [0.25, 0.3) is 0 Å². The first-order valence-electron chi connectivity index (χ1n) is 9.73. The molecule has 2 aromatic rings. The molecule has 0 atom stereocenters. The van der Waals surface area contributed by atoms with Crippen molar-refractivity contribution in [2.45, 2.75) is 26.7 Å². The second-order valence-corrected chi connectivity index (χ2v) is 7.49. The molecule has 1 aromatic carbocycles. The zero-order valence-electron chi connectivity index (χ0n) is 16.0. The maximum atomic E-state index is 10.3. The lowest BCUT2D eigenvalue weighted by molar-refractivity contribution is 0.383. The summed E-state index contributed by atoms with van der Waals surface area (Å²) in [7, 11) is 0. The summed E-state index contributed by atoms with van der Waals surface area (Å²) >= 11 is 0. The maximum Gasteiger partial charge on any atom is 0.227 e. The van der Waals surface area contributed by atoms with E-state index in [1.165, 1.54) is 5.69 Å². The van der Waals surface area contributed by atoms with E-state index in [-0.39, 0.29) is 5.92 Å². The van der Waals surface area contributed by atoms with Crippen molar-refractivity contribution in [2.75, 3.05) is 36.4 Å². The highest BCUT2D eigenvalue weighted by Gasteiger charge is 2.23. The molecule has 6 heteroatoms. The summed E-state index contributed by atoms with van der Waals surface area (Å²) in [5.74, 6) is 1.25. The van der Waals surface area contributed by atoms with Crippen molar-refractivity contribution in [2.24, 2.45) is 5.92 Å². The Kier molecular flexibility index (Phi) is 4.99. The molecule has 0 radical (unpaired) electrons. The molecule has 2 aliphatic rings. The average molecular weight is 365 g/mol. The molecular weight excluding hydrogens is 338 g/mol.